The number of carbonyl (C=O) groups is 2. The lowest BCUT2D eigenvalue weighted by molar-refractivity contribution is -0.134. The molecule has 1 atom stereocenters. The topological polar surface area (TPSA) is 68.3 Å². The third-order valence-electron chi connectivity index (χ3n) is 9.05. The maximum atomic E-state index is 13.5. The van der Waals surface area contributed by atoms with Crippen LogP contribution in [0.1, 0.15) is 73.7 Å². The molecule has 1 spiro atoms. The fourth-order valence-corrected chi connectivity index (χ4v) is 6.55. The van der Waals surface area contributed by atoms with E-state index in [0.29, 0.717) is 30.9 Å². The van der Waals surface area contributed by atoms with E-state index in [1.165, 1.54) is 0 Å². The smallest absolute Gasteiger partial charge is 0.257 e. The first-order valence-corrected chi connectivity index (χ1v) is 15.1. The number of benzene rings is 2. The van der Waals surface area contributed by atoms with Crippen LogP contribution in [0.4, 0.5) is 0 Å². The van der Waals surface area contributed by atoms with Crippen molar-refractivity contribution in [2.45, 2.75) is 70.3 Å². The van der Waals surface area contributed by atoms with Crippen LogP contribution < -0.4 is 9.47 Å². The Hall–Kier alpha value is -3.06. The molecular weight excluding hydrogens is 504 g/mol. The molecule has 0 aliphatic carbocycles. The first kappa shape index (κ1) is 28.5. The van der Waals surface area contributed by atoms with Crippen molar-refractivity contribution in [3.05, 3.63) is 59.7 Å². The Morgan fingerprint density at radius 3 is 2.65 bits per heavy atom. The molecule has 0 aromatic heterocycles. The second-order valence-electron chi connectivity index (χ2n) is 11.7. The van der Waals surface area contributed by atoms with Crippen molar-refractivity contribution in [3.63, 3.8) is 0 Å². The van der Waals surface area contributed by atoms with Gasteiger partial charge >= 0.3 is 0 Å². The summed E-state index contributed by atoms with van der Waals surface area (Å²) in [6.45, 7) is 4.18. The van der Waals surface area contributed by atoms with Crippen molar-refractivity contribution >= 4 is 11.8 Å². The number of rotatable bonds is 5. The number of hydrogen-bond donors (Lipinski definition) is 0. The van der Waals surface area contributed by atoms with E-state index in [4.69, 9.17) is 14.2 Å². The summed E-state index contributed by atoms with van der Waals surface area (Å²) in [5.74, 6) is 1.83. The molecule has 3 heterocycles. The Bertz CT molecular complexity index is 1140. The van der Waals surface area contributed by atoms with Crippen molar-refractivity contribution in [1.29, 1.82) is 0 Å². The molecule has 0 bridgehead atoms. The van der Waals surface area contributed by atoms with Crippen LogP contribution in [0.5, 0.6) is 11.5 Å². The van der Waals surface area contributed by atoms with Gasteiger partial charge in [0.1, 0.15) is 11.5 Å². The Balaban J connectivity index is 1.20. The molecule has 3 aliphatic heterocycles. The number of amides is 2. The molecule has 2 fully saturated rings. The molecule has 40 heavy (non-hydrogen) atoms. The average Bonchev–Trinajstić information content (AvgIpc) is 3.46. The zero-order valence-corrected chi connectivity index (χ0v) is 23.9. The zero-order valence-electron chi connectivity index (χ0n) is 23.9. The zero-order chi connectivity index (χ0) is 27.8. The highest BCUT2D eigenvalue weighted by Crippen LogP contribution is 2.38. The van der Waals surface area contributed by atoms with E-state index in [9.17, 15) is 9.59 Å². The summed E-state index contributed by atoms with van der Waals surface area (Å²) in [5, 5.41) is 0. The molecule has 0 saturated carbocycles. The summed E-state index contributed by atoms with van der Waals surface area (Å²) in [4.78, 5) is 30.6. The van der Waals surface area contributed by atoms with Gasteiger partial charge in [0.15, 0.2) is 0 Å². The summed E-state index contributed by atoms with van der Waals surface area (Å²) in [7, 11) is 1.69. The minimum Gasteiger partial charge on any atom is -0.496 e. The summed E-state index contributed by atoms with van der Waals surface area (Å²) in [6.07, 6.45) is 9.15. The molecular formula is C33H44N2O5. The molecule has 5 rings (SSSR count). The summed E-state index contributed by atoms with van der Waals surface area (Å²) >= 11 is 0. The van der Waals surface area contributed by atoms with Gasteiger partial charge in [-0.2, -0.15) is 0 Å². The first-order valence-electron chi connectivity index (χ1n) is 15.1. The van der Waals surface area contributed by atoms with Crippen LogP contribution in [0.2, 0.25) is 0 Å². The minimum absolute atomic E-state index is 0.00929. The molecule has 2 amide bonds. The second-order valence-corrected chi connectivity index (χ2v) is 11.7. The second kappa shape index (κ2) is 13.5. The van der Waals surface area contributed by atoms with Crippen LogP contribution in [0, 0.1) is 5.41 Å². The molecule has 0 radical (unpaired) electrons. The van der Waals surface area contributed by atoms with Gasteiger partial charge in [0.25, 0.3) is 5.91 Å². The predicted molar refractivity (Wildman–Crippen MR) is 155 cm³/mol. The van der Waals surface area contributed by atoms with Gasteiger partial charge in [0.2, 0.25) is 5.91 Å². The SMILES string of the molecule is COc1ccccc1CCCC(=O)N1CCC2(CCCCOC[C@@H]3CCCN3C(=O)c3ccccc3OC2)CC1. The van der Waals surface area contributed by atoms with Crippen LogP contribution >= 0.6 is 0 Å². The number of methoxy groups -OCH3 is 1. The number of ether oxygens (including phenoxy) is 3. The van der Waals surface area contributed by atoms with Crippen molar-refractivity contribution in [1.82, 2.24) is 9.80 Å². The molecule has 0 unspecified atom stereocenters. The lowest BCUT2D eigenvalue weighted by Gasteiger charge is -2.42. The monoisotopic (exact) mass is 548 g/mol. The Labute approximate surface area is 238 Å². The highest BCUT2D eigenvalue weighted by molar-refractivity contribution is 5.97. The van der Waals surface area contributed by atoms with Crippen molar-refractivity contribution in [2.24, 2.45) is 5.41 Å². The molecule has 7 nitrogen and oxygen atoms in total. The van der Waals surface area contributed by atoms with Crippen molar-refractivity contribution in [3.8, 4) is 11.5 Å². The van der Waals surface area contributed by atoms with Gasteiger partial charge in [-0.25, -0.2) is 0 Å². The molecule has 0 N–H and O–H groups in total. The van der Waals surface area contributed by atoms with Crippen molar-refractivity contribution < 1.29 is 23.8 Å². The van der Waals surface area contributed by atoms with Crippen LogP contribution in [-0.2, 0) is 16.0 Å². The molecule has 2 saturated heterocycles. The number of nitrogens with zero attached hydrogens (tertiary/aromatic N) is 2. The van der Waals surface area contributed by atoms with E-state index in [2.05, 4.69) is 6.07 Å². The number of likely N-dealkylation sites (tertiary alicyclic amines) is 1. The van der Waals surface area contributed by atoms with E-state index < -0.39 is 0 Å². The van der Waals surface area contributed by atoms with Gasteiger partial charge in [-0.3, -0.25) is 9.59 Å². The molecule has 2 aromatic carbocycles. The van der Waals surface area contributed by atoms with E-state index in [0.717, 1.165) is 95.3 Å². The van der Waals surface area contributed by atoms with Crippen LogP contribution in [0.3, 0.4) is 0 Å². The van der Waals surface area contributed by atoms with Gasteiger partial charge < -0.3 is 24.0 Å². The highest BCUT2D eigenvalue weighted by atomic mass is 16.5. The highest BCUT2D eigenvalue weighted by Gasteiger charge is 2.37. The van der Waals surface area contributed by atoms with E-state index >= 15 is 0 Å². The number of piperidine rings is 1. The summed E-state index contributed by atoms with van der Waals surface area (Å²) in [6, 6.07) is 15.8. The van der Waals surface area contributed by atoms with Crippen LogP contribution in [-0.4, -0.2) is 74.2 Å². The number of carbonyl (C=O) groups excluding carboxylic acids is 2. The fourth-order valence-electron chi connectivity index (χ4n) is 6.55. The lowest BCUT2D eigenvalue weighted by Crippen LogP contribution is -2.45. The Kier molecular flexibility index (Phi) is 9.63. The summed E-state index contributed by atoms with van der Waals surface area (Å²) in [5.41, 5.74) is 1.78. The first-order chi connectivity index (χ1) is 19.6. The van der Waals surface area contributed by atoms with Crippen molar-refractivity contribution in [2.75, 3.05) is 46.6 Å². The third-order valence-corrected chi connectivity index (χ3v) is 9.05. The number of para-hydroxylation sites is 2. The lowest BCUT2D eigenvalue weighted by atomic mass is 9.75. The molecule has 216 valence electrons. The van der Waals surface area contributed by atoms with Gasteiger partial charge in [-0.1, -0.05) is 36.8 Å². The minimum atomic E-state index is -0.00929. The number of hydrogen-bond acceptors (Lipinski definition) is 5. The molecule has 7 heteroatoms. The number of aryl methyl sites for hydroxylation is 1. The summed E-state index contributed by atoms with van der Waals surface area (Å²) < 4.78 is 18.0. The predicted octanol–water partition coefficient (Wildman–Crippen LogP) is 5.51. The number of fused-ring (bicyclic) bond motifs is 2. The molecule has 2 aromatic rings. The van der Waals surface area contributed by atoms with Gasteiger partial charge in [0.05, 0.1) is 31.9 Å². The Morgan fingerprint density at radius 1 is 1.00 bits per heavy atom. The van der Waals surface area contributed by atoms with Crippen LogP contribution in [0.15, 0.2) is 48.5 Å². The maximum absolute atomic E-state index is 13.5. The average molecular weight is 549 g/mol. The van der Waals surface area contributed by atoms with E-state index in [1.807, 2.05) is 52.3 Å². The van der Waals surface area contributed by atoms with Crippen LogP contribution in [0.25, 0.3) is 0 Å². The largest absolute Gasteiger partial charge is 0.496 e. The normalized spacial score (nSPS) is 21.7. The quantitative estimate of drug-likeness (QED) is 0.493. The Morgan fingerprint density at radius 2 is 1.80 bits per heavy atom. The van der Waals surface area contributed by atoms with E-state index in [-0.39, 0.29) is 23.3 Å². The molecule has 3 aliphatic rings. The standard InChI is InChI=1S/C33H44N2O5/c1-38-29-14-4-2-10-26(29)11-8-16-31(36)34-21-18-33(19-22-34)17-6-7-23-39-24-27-12-9-20-35(27)32(37)28-13-3-5-15-30(28)40-25-33/h2-5,10,13-15,27H,6-9,11-12,16-25H2,1H3/t27-/m0/s1. The van der Waals surface area contributed by atoms with Gasteiger partial charge in [-0.05, 0) is 75.1 Å². The maximum Gasteiger partial charge on any atom is 0.257 e. The fraction of sp³-hybridized carbons (Fsp3) is 0.576. The third kappa shape index (κ3) is 6.80. The van der Waals surface area contributed by atoms with Gasteiger partial charge in [-0.15, -0.1) is 0 Å². The van der Waals surface area contributed by atoms with E-state index in [1.54, 1.807) is 7.11 Å². The van der Waals surface area contributed by atoms with Gasteiger partial charge in [0, 0.05) is 38.1 Å².